The number of benzene rings is 1. The summed E-state index contributed by atoms with van der Waals surface area (Å²) < 4.78 is 1.93. The van der Waals surface area contributed by atoms with Crippen LogP contribution in [0, 0.1) is 0 Å². The van der Waals surface area contributed by atoms with E-state index >= 15 is 0 Å². The standard InChI is InChI=1S/C7H5NS3/c9-4-2-1-3-5-6(4)8-7(10)11-5/h1-3,9H,(H,8,10). The summed E-state index contributed by atoms with van der Waals surface area (Å²) in [6.45, 7) is 0. The van der Waals surface area contributed by atoms with Gasteiger partial charge in [0.15, 0.2) is 0 Å². The Labute approximate surface area is 79.3 Å². The van der Waals surface area contributed by atoms with Gasteiger partial charge in [-0.2, -0.15) is 0 Å². The third kappa shape index (κ3) is 1.26. The minimum Gasteiger partial charge on any atom is -0.229 e. The quantitative estimate of drug-likeness (QED) is 0.622. The van der Waals surface area contributed by atoms with E-state index in [2.05, 4.69) is 30.2 Å². The van der Waals surface area contributed by atoms with Crippen LogP contribution < -0.4 is 0 Å². The molecule has 0 atom stereocenters. The van der Waals surface area contributed by atoms with Crippen molar-refractivity contribution in [2.24, 2.45) is 0 Å². The predicted octanol–water partition coefficient (Wildman–Crippen LogP) is 2.87. The summed E-state index contributed by atoms with van der Waals surface area (Å²) in [5, 5.41) is 0. The molecule has 4 heteroatoms. The van der Waals surface area contributed by atoms with E-state index < -0.39 is 0 Å². The van der Waals surface area contributed by atoms with Crippen LogP contribution in [0.15, 0.2) is 27.4 Å². The lowest BCUT2D eigenvalue weighted by Crippen LogP contribution is -1.69. The first-order valence-electron chi connectivity index (χ1n) is 3.05. The summed E-state index contributed by atoms with van der Waals surface area (Å²) in [5.41, 5.74) is 0.950. The average molecular weight is 199 g/mol. The molecule has 2 rings (SSSR count). The molecule has 56 valence electrons. The fourth-order valence-electron chi connectivity index (χ4n) is 0.922. The first kappa shape index (κ1) is 7.46. The summed E-state index contributed by atoms with van der Waals surface area (Å²) in [6.07, 6.45) is 0. The largest absolute Gasteiger partial charge is 0.229 e. The lowest BCUT2D eigenvalue weighted by atomic mass is 10.3. The van der Waals surface area contributed by atoms with Gasteiger partial charge in [-0.1, -0.05) is 6.07 Å². The number of thiazole rings is 1. The fraction of sp³-hybridized carbons (Fsp3) is 0. The third-order valence-electron chi connectivity index (χ3n) is 1.39. The van der Waals surface area contributed by atoms with Crippen molar-refractivity contribution in [3.05, 3.63) is 18.2 Å². The molecule has 0 bridgehead atoms. The van der Waals surface area contributed by atoms with Gasteiger partial charge in [-0.15, -0.1) is 36.6 Å². The Morgan fingerprint density at radius 2 is 2.09 bits per heavy atom. The minimum absolute atomic E-state index is 0.793. The molecular formula is C7H5NS3. The minimum atomic E-state index is 0.793. The van der Waals surface area contributed by atoms with Crippen LogP contribution in [0.2, 0.25) is 0 Å². The number of para-hydroxylation sites is 1. The molecule has 0 aliphatic heterocycles. The molecule has 0 amide bonds. The Kier molecular flexibility index (Phi) is 1.83. The first-order valence-corrected chi connectivity index (χ1v) is 4.76. The Balaban J connectivity index is 2.90. The van der Waals surface area contributed by atoms with Crippen molar-refractivity contribution in [2.75, 3.05) is 0 Å². The number of fused-ring (bicyclic) bond motifs is 1. The highest BCUT2D eigenvalue weighted by atomic mass is 32.2. The van der Waals surface area contributed by atoms with Crippen LogP contribution in [0.1, 0.15) is 0 Å². The highest BCUT2D eigenvalue weighted by Gasteiger charge is 2.01. The van der Waals surface area contributed by atoms with E-state index in [9.17, 15) is 0 Å². The van der Waals surface area contributed by atoms with Crippen molar-refractivity contribution < 1.29 is 0 Å². The van der Waals surface area contributed by atoms with Crippen molar-refractivity contribution in [2.45, 2.75) is 9.24 Å². The van der Waals surface area contributed by atoms with Gasteiger partial charge >= 0.3 is 0 Å². The van der Waals surface area contributed by atoms with Crippen molar-refractivity contribution in [3.63, 3.8) is 0 Å². The summed E-state index contributed by atoms with van der Waals surface area (Å²) >= 11 is 10.0. The number of aromatic nitrogens is 1. The second-order valence-corrected chi connectivity index (χ2v) is 4.36. The number of hydrogen-bond acceptors (Lipinski definition) is 4. The molecule has 0 radical (unpaired) electrons. The van der Waals surface area contributed by atoms with Crippen LogP contribution in [0.25, 0.3) is 10.2 Å². The molecule has 0 unspecified atom stereocenters. The van der Waals surface area contributed by atoms with Crippen molar-refractivity contribution in [1.29, 1.82) is 0 Å². The van der Waals surface area contributed by atoms with Crippen LogP contribution in [0.3, 0.4) is 0 Å². The van der Waals surface area contributed by atoms with E-state index in [4.69, 9.17) is 0 Å². The highest BCUT2D eigenvalue weighted by Crippen LogP contribution is 2.28. The van der Waals surface area contributed by atoms with Gasteiger partial charge in [-0.3, -0.25) is 0 Å². The van der Waals surface area contributed by atoms with Crippen LogP contribution in [-0.2, 0) is 0 Å². The predicted molar refractivity (Wildman–Crippen MR) is 54.1 cm³/mol. The fourth-order valence-corrected chi connectivity index (χ4v) is 2.38. The van der Waals surface area contributed by atoms with Gasteiger partial charge in [0.25, 0.3) is 0 Å². The van der Waals surface area contributed by atoms with Gasteiger partial charge in [0.1, 0.15) is 4.34 Å². The van der Waals surface area contributed by atoms with Gasteiger partial charge in [0, 0.05) is 4.90 Å². The molecule has 0 spiro atoms. The number of nitrogens with zero attached hydrogens (tertiary/aromatic N) is 1. The number of thiol groups is 2. The Hall–Kier alpha value is -0.190. The van der Waals surface area contributed by atoms with Crippen molar-refractivity contribution >= 4 is 46.8 Å². The average Bonchev–Trinajstić information content (AvgIpc) is 2.31. The second kappa shape index (κ2) is 2.69. The summed E-state index contributed by atoms with van der Waals surface area (Å²) in [6, 6.07) is 5.92. The topological polar surface area (TPSA) is 12.9 Å². The molecular weight excluding hydrogens is 194 g/mol. The summed E-state index contributed by atoms with van der Waals surface area (Å²) in [5.74, 6) is 0. The van der Waals surface area contributed by atoms with Crippen LogP contribution in [0.4, 0.5) is 0 Å². The van der Waals surface area contributed by atoms with Gasteiger partial charge in [-0.05, 0) is 12.1 Å². The lowest BCUT2D eigenvalue weighted by Gasteiger charge is -1.89. The zero-order chi connectivity index (χ0) is 7.84. The molecule has 0 N–H and O–H groups in total. The monoisotopic (exact) mass is 199 g/mol. The summed E-state index contributed by atoms with van der Waals surface area (Å²) in [7, 11) is 0. The maximum Gasteiger partial charge on any atom is 0.148 e. The Morgan fingerprint density at radius 1 is 1.27 bits per heavy atom. The molecule has 11 heavy (non-hydrogen) atoms. The van der Waals surface area contributed by atoms with E-state index in [1.54, 1.807) is 11.3 Å². The first-order chi connectivity index (χ1) is 5.27. The van der Waals surface area contributed by atoms with E-state index in [1.807, 2.05) is 18.2 Å². The molecule has 1 nitrogen and oxygen atoms in total. The SMILES string of the molecule is Sc1nc2c(S)cccc2s1. The highest BCUT2D eigenvalue weighted by molar-refractivity contribution is 7.83. The summed E-state index contributed by atoms with van der Waals surface area (Å²) in [4.78, 5) is 5.13. The molecule has 1 heterocycles. The van der Waals surface area contributed by atoms with E-state index in [0.29, 0.717) is 0 Å². The normalized spacial score (nSPS) is 10.7. The van der Waals surface area contributed by atoms with Crippen LogP contribution in [-0.4, -0.2) is 4.98 Å². The molecule has 0 fully saturated rings. The molecule has 2 aromatic rings. The second-order valence-electron chi connectivity index (χ2n) is 2.12. The van der Waals surface area contributed by atoms with Gasteiger partial charge in [-0.25, -0.2) is 4.98 Å². The third-order valence-corrected chi connectivity index (χ3v) is 2.94. The Bertz CT molecular complexity index is 393. The van der Waals surface area contributed by atoms with Gasteiger partial charge < -0.3 is 0 Å². The Morgan fingerprint density at radius 3 is 2.82 bits per heavy atom. The maximum atomic E-state index is 4.27. The van der Waals surface area contributed by atoms with E-state index in [0.717, 1.165) is 19.5 Å². The smallest absolute Gasteiger partial charge is 0.148 e. The molecule has 0 saturated heterocycles. The molecule has 1 aromatic heterocycles. The molecule has 0 aliphatic carbocycles. The van der Waals surface area contributed by atoms with Crippen LogP contribution in [0.5, 0.6) is 0 Å². The lowest BCUT2D eigenvalue weighted by molar-refractivity contribution is 1.28. The van der Waals surface area contributed by atoms with Gasteiger partial charge in [0.05, 0.1) is 10.2 Å². The van der Waals surface area contributed by atoms with E-state index in [-0.39, 0.29) is 0 Å². The zero-order valence-corrected chi connectivity index (χ0v) is 8.09. The van der Waals surface area contributed by atoms with Crippen molar-refractivity contribution in [1.82, 2.24) is 4.98 Å². The van der Waals surface area contributed by atoms with Crippen LogP contribution >= 0.6 is 36.6 Å². The molecule has 0 aliphatic rings. The molecule has 0 saturated carbocycles. The maximum absolute atomic E-state index is 4.27. The van der Waals surface area contributed by atoms with Gasteiger partial charge in [0.2, 0.25) is 0 Å². The van der Waals surface area contributed by atoms with Crippen molar-refractivity contribution in [3.8, 4) is 0 Å². The zero-order valence-electron chi connectivity index (χ0n) is 5.48. The molecule has 1 aromatic carbocycles. The number of hydrogen-bond donors (Lipinski definition) is 2. The number of rotatable bonds is 0. The van der Waals surface area contributed by atoms with E-state index in [1.165, 1.54) is 0 Å².